The van der Waals surface area contributed by atoms with Gasteiger partial charge in [-0.2, -0.15) is 0 Å². The fraction of sp³-hybridized carbons (Fsp3) is 0.429. The molecule has 0 saturated heterocycles. The van der Waals surface area contributed by atoms with E-state index in [-0.39, 0.29) is 11.9 Å². The highest BCUT2D eigenvalue weighted by atomic mass is 19.1. The van der Waals surface area contributed by atoms with E-state index < -0.39 is 0 Å². The maximum absolute atomic E-state index is 13.1. The second kappa shape index (κ2) is 7.98. The summed E-state index contributed by atoms with van der Waals surface area (Å²) in [7, 11) is 0. The van der Waals surface area contributed by atoms with E-state index >= 15 is 0 Å². The van der Waals surface area contributed by atoms with Crippen LogP contribution < -0.4 is 11.3 Å². The third-order valence-electron chi connectivity index (χ3n) is 2.85. The van der Waals surface area contributed by atoms with Gasteiger partial charge in [-0.15, -0.1) is 6.58 Å². The lowest BCUT2D eigenvalue weighted by molar-refractivity contribution is 0.481. The normalized spacial score (nSPS) is 12.4. The van der Waals surface area contributed by atoms with Crippen molar-refractivity contribution in [2.75, 3.05) is 0 Å². The molecule has 0 spiro atoms. The molecule has 17 heavy (non-hydrogen) atoms. The number of nitrogens with two attached hydrogens (primary N) is 1. The quantitative estimate of drug-likeness (QED) is 0.314. The van der Waals surface area contributed by atoms with Crippen LogP contribution in [0.15, 0.2) is 36.9 Å². The Balaban J connectivity index is 2.40. The van der Waals surface area contributed by atoms with Gasteiger partial charge >= 0.3 is 0 Å². The fourth-order valence-electron chi connectivity index (χ4n) is 1.88. The minimum Gasteiger partial charge on any atom is -0.271 e. The molecule has 1 rings (SSSR count). The SMILES string of the molecule is C=CCCCCCC(NN)c1cccc(F)c1. The molecule has 0 heterocycles. The van der Waals surface area contributed by atoms with Crippen LogP contribution in [-0.2, 0) is 0 Å². The van der Waals surface area contributed by atoms with Crippen LogP contribution in [0.5, 0.6) is 0 Å². The highest BCUT2D eigenvalue weighted by molar-refractivity contribution is 5.19. The average Bonchev–Trinajstić information content (AvgIpc) is 2.34. The highest BCUT2D eigenvalue weighted by Gasteiger charge is 2.09. The topological polar surface area (TPSA) is 38.0 Å². The van der Waals surface area contributed by atoms with Crippen molar-refractivity contribution in [2.45, 2.75) is 38.1 Å². The van der Waals surface area contributed by atoms with Crippen molar-refractivity contribution in [3.63, 3.8) is 0 Å². The summed E-state index contributed by atoms with van der Waals surface area (Å²) in [5, 5.41) is 0. The number of hydrogen-bond donors (Lipinski definition) is 2. The molecule has 94 valence electrons. The largest absolute Gasteiger partial charge is 0.271 e. The van der Waals surface area contributed by atoms with Gasteiger partial charge < -0.3 is 0 Å². The molecule has 0 aliphatic rings. The Labute approximate surface area is 103 Å². The minimum absolute atomic E-state index is 0.0365. The lowest BCUT2D eigenvalue weighted by Gasteiger charge is -2.16. The molecule has 1 atom stereocenters. The van der Waals surface area contributed by atoms with Crippen molar-refractivity contribution in [3.05, 3.63) is 48.3 Å². The molecule has 0 saturated carbocycles. The van der Waals surface area contributed by atoms with Gasteiger partial charge in [-0.1, -0.05) is 31.1 Å². The summed E-state index contributed by atoms with van der Waals surface area (Å²) in [5.41, 5.74) is 3.66. The van der Waals surface area contributed by atoms with Crippen molar-refractivity contribution < 1.29 is 4.39 Å². The van der Waals surface area contributed by atoms with E-state index in [4.69, 9.17) is 5.84 Å². The number of allylic oxidation sites excluding steroid dienone is 1. The zero-order valence-corrected chi connectivity index (χ0v) is 10.2. The van der Waals surface area contributed by atoms with Crippen LogP contribution in [0.4, 0.5) is 4.39 Å². The zero-order chi connectivity index (χ0) is 12.5. The van der Waals surface area contributed by atoms with Gasteiger partial charge in [0.1, 0.15) is 5.82 Å². The maximum Gasteiger partial charge on any atom is 0.123 e. The average molecular weight is 236 g/mol. The summed E-state index contributed by atoms with van der Waals surface area (Å²) in [6, 6.07) is 6.63. The van der Waals surface area contributed by atoms with Crippen molar-refractivity contribution in [2.24, 2.45) is 5.84 Å². The standard InChI is InChI=1S/C14H21FN2/c1-2-3-4-5-6-10-14(17-16)12-8-7-9-13(15)11-12/h2,7-9,11,14,17H,1,3-6,10,16H2. The Morgan fingerprint density at radius 2 is 2.18 bits per heavy atom. The van der Waals surface area contributed by atoms with Crippen LogP contribution in [0.3, 0.4) is 0 Å². The lowest BCUT2D eigenvalue weighted by atomic mass is 10.0. The number of halogens is 1. The first-order valence-electron chi connectivity index (χ1n) is 6.10. The third-order valence-corrected chi connectivity index (χ3v) is 2.85. The van der Waals surface area contributed by atoms with Crippen LogP contribution in [0.2, 0.25) is 0 Å². The number of nitrogens with one attached hydrogen (secondary N) is 1. The summed E-state index contributed by atoms with van der Waals surface area (Å²) in [6.45, 7) is 3.69. The van der Waals surface area contributed by atoms with Crippen LogP contribution in [0.1, 0.15) is 43.7 Å². The maximum atomic E-state index is 13.1. The number of hydrazine groups is 1. The molecule has 0 amide bonds. The number of hydrogen-bond acceptors (Lipinski definition) is 2. The van der Waals surface area contributed by atoms with Gasteiger partial charge in [0, 0.05) is 6.04 Å². The second-order valence-corrected chi connectivity index (χ2v) is 4.20. The van der Waals surface area contributed by atoms with Crippen LogP contribution >= 0.6 is 0 Å². The Kier molecular flexibility index (Phi) is 6.51. The third kappa shape index (κ3) is 5.11. The molecule has 0 aliphatic carbocycles. The summed E-state index contributed by atoms with van der Waals surface area (Å²) in [4.78, 5) is 0. The van der Waals surface area contributed by atoms with Crippen molar-refractivity contribution in [3.8, 4) is 0 Å². The molecule has 1 aromatic rings. The molecule has 0 aromatic heterocycles. The second-order valence-electron chi connectivity index (χ2n) is 4.20. The van der Waals surface area contributed by atoms with Gasteiger partial charge in [0.25, 0.3) is 0 Å². The monoisotopic (exact) mass is 236 g/mol. The van der Waals surface area contributed by atoms with Crippen molar-refractivity contribution >= 4 is 0 Å². The van der Waals surface area contributed by atoms with E-state index in [1.54, 1.807) is 6.07 Å². The molecule has 1 unspecified atom stereocenters. The van der Waals surface area contributed by atoms with Gasteiger partial charge in [-0.3, -0.25) is 11.3 Å². The number of unbranched alkanes of at least 4 members (excludes halogenated alkanes) is 3. The van der Waals surface area contributed by atoms with E-state index in [1.165, 1.54) is 12.1 Å². The molecular weight excluding hydrogens is 215 g/mol. The van der Waals surface area contributed by atoms with E-state index in [2.05, 4.69) is 12.0 Å². The highest BCUT2D eigenvalue weighted by Crippen LogP contribution is 2.20. The summed E-state index contributed by atoms with van der Waals surface area (Å²) >= 11 is 0. The van der Waals surface area contributed by atoms with Gasteiger partial charge in [0.2, 0.25) is 0 Å². The number of rotatable bonds is 8. The van der Waals surface area contributed by atoms with Crippen molar-refractivity contribution in [1.29, 1.82) is 0 Å². The van der Waals surface area contributed by atoms with Gasteiger partial charge in [-0.25, -0.2) is 4.39 Å². The van der Waals surface area contributed by atoms with Crippen molar-refractivity contribution in [1.82, 2.24) is 5.43 Å². The Hall–Kier alpha value is -1.19. The predicted octanol–water partition coefficient (Wildman–Crippen LogP) is 3.47. The first kappa shape index (κ1) is 13.9. The molecule has 1 aromatic carbocycles. The molecule has 3 heteroatoms. The van der Waals surface area contributed by atoms with Crippen LogP contribution in [0, 0.1) is 5.82 Å². The molecule has 0 radical (unpaired) electrons. The van der Waals surface area contributed by atoms with Gasteiger partial charge in [0.05, 0.1) is 0 Å². The van der Waals surface area contributed by atoms with E-state index in [9.17, 15) is 4.39 Å². The fourth-order valence-corrected chi connectivity index (χ4v) is 1.88. The summed E-state index contributed by atoms with van der Waals surface area (Å²) < 4.78 is 13.1. The molecule has 0 fully saturated rings. The predicted molar refractivity (Wildman–Crippen MR) is 69.7 cm³/mol. The smallest absolute Gasteiger partial charge is 0.123 e. The van der Waals surface area contributed by atoms with E-state index in [1.807, 2.05) is 12.1 Å². The van der Waals surface area contributed by atoms with Gasteiger partial charge in [-0.05, 0) is 37.0 Å². The first-order chi connectivity index (χ1) is 8.27. The van der Waals surface area contributed by atoms with Gasteiger partial charge in [0.15, 0.2) is 0 Å². The zero-order valence-electron chi connectivity index (χ0n) is 10.2. The van der Waals surface area contributed by atoms with E-state index in [0.29, 0.717) is 0 Å². The summed E-state index contributed by atoms with van der Waals surface area (Å²) in [6.07, 6.45) is 7.31. The lowest BCUT2D eigenvalue weighted by Crippen LogP contribution is -2.28. The van der Waals surface area contributed by atoms with E-state index in [0.717, 1.165) is 37.7 Å². The van der Waals surface area contributed by atoms with Crippen LogP contribution in [-0.4, -0.2) is 0 Å². The Morgan fingerprint density at radius 3 is 2.82 bits per heavy atom. The number of benzene rings is 1. The summed E-state index contributed by atoms with van der Waals surface area (Å²) in [5.74, 6) is 5.29. The minimum atomic E-state index is -0.214. The molecule has 3 N–H and O–H groups in total. The van der Waals surface area contributed by atoms with Crippen LogP contribution in [0.25, 0.3) is 0 Å². The molecule has 0 aliphatic heterocycles. The Morgan fingerprint density at radius 1 is 1.35 bits per heavy atom. The first-order valence-corrected chi connectivity index (χ1v) is 6.10. The molecular formula is C14H21FN2. The molecule has 2 nitrogen and oxygen atoms in total. The molecule has 0 bridgehead atoms. The Bertz CT molecular complexity index is 339.